The summed E-state index contributed by atoms with van der Waals surface area (Å²) in [7, 11) is 0. The molecule has 4 unspecified atom stereocenters. The summed E-state index contributed by atoms with van der Waals surface area (Å²) in [6, 6.07) is 0. The Morgan fingerprint density at radius 2 is 1.87 bits per heavy atom. The van der Waals surface area contributed by atoms with E-state index < -0.39 is 24.0 Å². The first-order valence-electron chi connectivity index (χ1n) is 5.43. The molecule has 0 rings (SSSR count). The van der Waals surface area contributed by atoms with Crippen molar-refractivity contribution in [3.8, 4) is 0 Å². The standard InChI is InChI=1S/C11H22O4/c1-4-5-10(15)9(6-12)11(7(2)13)8(3)14/h7,9-13,15H,4-6H2,1-3H3. The lowest BCUT2D eigenvalue weighted by atomic mass is 9.81. The third-order valence-electron chi connectivity index (χ3n) is 2.74. The van der Waals surface area contributed by atoms with E-state index in [2.05, 4.69) is 0 Å². The average molecular weight is 218 g/mol. The van der Waals surface area contributed by atoms with Crippen molar-refractivity contribution in [3.05, 3.63) is 0 Å². The van der Waals surface area contributed by atoms with Crippen LogP contribution < -0.4 is 0 Å². The molecule has 0 amide bonds. The summed E-state index contributed by atoms with van der Waals surface area (Å²) in [6.07, 6.45) is -0.265. The largest absolute Gasteiger partial charge is 0.396 e. The first-order valence-corrected chi connectivity index (χ1v) is 5.43. The van der Waals surface area contributed by atoms with E-state index in [1.807, 2.05) is 6.92 Å². The molecule has 0 aliphatic rings. The van der Waals surface area contributed by atoms with Gasteiger partial charge in [0.1, 0.15) is 5.78 Å². The van der Waals surface area contributed by atoms with Crippen LogP contribution in [0, 0.1) is 11.8 Å². The van der Waals surface area contributed by atoms with Crippen LogP contribution in [0.3, 0.4) is 0 Å². The van der Waals surface area contributed by atoms with Gasteiger partial charge >= 0.3 is 0 Å². The number of hydrogen-bond donors (Lipinski definition) is 3. The van der Waals surface area contributed by atoms with Crippen LogP contribution in [0.4, 0.5) is 0 Å². The van der Waals surface area contributed by atoms with E-state index in [9.17, 15) is 15.0 Å². The van der Waals surface area contributed by atoms with E-state index in [1.54, 1.807) is 0 Å². The fraction of sp³-hybridized carbons (Fsp3) is 0.909. The Kier molecular flexibility index (Phi) is 6.72. The van der Waals surface area contributed by atoms with Crippen LogP contribution in [0.25, 0.3) is 0 Å². The molecule has 0 bridgehead atoms. The van der Waals surface area contributed by atoms with Crippen molar-refractivity contribution < 1.29 is 20.1 Å². The van der Waals surface area contributed by atoms with Crippen LogP contribution in [0.2, 0.25) is 0 Å². The Labute approximate surface area is 90.9 Å². The lowest BCUT2D eigenvalue weighted by Crippen LogP contribution is -2.40. The summed E-state index contributed by atoms with van der Waals surface area (Å²) in [6.45, 7) is 4.52. The molecular weight excluding hydrogens is 196 g/mol. The minimum atomic E-state index is -0.842. The molecule has 0 aliphatic carbocycles. The van der Waals surface area contributed by atoms with Crippen molar-refractivity contribution in [1.29, 1.82) is 0 Å². The molecule has 0 radical (unpaired) electrons. The molecule has 0 aromatic heterocycles. The molecule has 4 heteroatoms. The van der Waals surface area contributed by atoms with E-state index in [0.29, 0.717) is 6.42 Å². The zero-order valence-electron chi connectivity index (χ0n) is 9.68. The molecule has 0 spiro atoms. The highest BCUT2D eigenvalue weighted by Crippen LogP contribution is 2.23. The Hall–Kier alpha value is -0.450. The minimum Gasteiger partial charge on any atom is -0.396 e. The lowest BCUT2D eigenvalue weighted by Gasteiger charge is -2.29. The highest BCUT2D eigenvalue weighted by molar-refractivity contribution is 5.79. The van der Waals surface area contributed by atoms with Crippen molar-refractivity contribution in [2.75, 3.05) is 6.61 Å². The third-order valence-corrected chi connectivity index (χ3v) is 2.74. The van der Waals surface area contributed by atoms with Gasteiger partial charge in [-0.05, 0) is 20.3 Å². The molecule has 0 saturated carbocycles. The zero-order valence-corrected chi connectivity index (χ0v) is 9.68. The molecule has 90 valence electrons. The molecule has 0 aliphatic heterocycles. The number of ketones is 1. The topological polar surface area (TPSA) is 77.8 Å². The monoisotopic (exact) mass is 218 g/mol. The summed E-state index contributed by atoms with van der Waals surface area (Å²) in [5, 5.41) is 28.4. The van der Waals surface area contributed by atoms with Crippen LogP contribution in [0.5, 0.6) is 0 Å². The van der Waals surface area contributed by atoms with Gasteiger partial charge in [0.15, 0.2) is 0 Å². The highest BCUT2D eigenvalue weighted by Gasteiger charge is 2.33. The van der Waals surface area contributed by atoms with Gasteiger partial charge in [0.2, 0.25) is 0 Å². The maximum atomic E-state index is 11.3. The smallest absolute Gasteiger partial charge is 0.135 e. The number of rotatable bonds is 7. The summed E-state index contributed by atoms with van der Waals surface area (Å²) in [5.41, 5.74) is 0. The molecule has 0 aromatic rings. The van der Waals surface area contributed by atoms with Gasteiger partial charge in [-0.2, -0.15) is 0 Å². The van der Waals surface area contributed by atoms with Crippen LogP contribution >= 0.6 is 0 Å². The van der Waals surface area contributed by atoms with Gasteiger partial charge in [-0.25, -0.2) is 0 Å². The SMILES string of the molecule is CCCC(O)C(CO)C(C(C)=O)C(C)O. The summed E-state index contributed by atoms with van der Waals surface area (Å²) in [4.78, 5) is 11.3. The predicted octanol–water partition coefficient (Wildman–Crippen LogP) is 0.342. The number of hydrogen-bond acceptors (Lipinski definition) is 4. The fourth-order valence-electron chi connectivity index (χ4n) is 1.98. The van der Waals surface area contributed by atoms with Gasteiger partial charge in [0.25, 0.3) is 0 Å². The van der Waals surface area contributed by atoms with Gasteiger partial charge in [0.05, 0.1) is 18.1 Å². The maximum Gasteiger partial charge on any atom is 0.135 e. The lowest BCUT2D eigenvalue weighted by molar-refractivity contribution is -0.130. The third kappa shape index (κ3) is 4.28. The van der Waals surface area contributed by atoms with E-state index in [1.165, 1.54) is 13.8 Å². The summed E-state index contributed by atoms with van der Waals surface area (Å²) >= 11 is 0. The summed E-state index contributed by atoms with van der Waals surface area (Å²) in [5.74, 6) is -1.45. The molecule has 4 atom stereocenters. The maximum absolute atomic E-state index is 11.3. The van der Waals surface area contributed by atoms with Crippen molar-refractivity contribution in [3.63, 3.8) is 0 Å². The molecular formula is C11H22O4. The molecule has 0 fully saturated rings. The molecule has 15 heavy (non-hydrogen) atoms. The molecule has 0 heterocycles. The summed E-state index contributed by atoms with van der Waals surface area (Å²) < 4.78 is 0. The Balaban J connectivity index is 4.65. The number of aliphatic hydroxyl groups excluding tert-OH is 3. The average Bonchev–Trinajstić information content (AvgIpc) is 2.12. The van der Waals surface area contributed by atoms with Crippen molar-refractivity contribution >= 4 is 5.78 Å². The van der Waals surface area contributed by atoms with E-state index in [4.69, 9.17) is 5.11 Å². The Morgan fingerprint density at radius 1 is 1.33 bits per heavy atom. The number of carbonyl (C=O) groups is 1. The molecule has 4 nitrogen and oxygen atoms in total. The second kappa shape index (κ2) is 6.93. The number of carbonyl (C=O) groups excluding carboxylic acids is 1. The van der Waals surface area contributed by atoms with E-state index >= 15 is 0 Å². The van der Waals surface area contributed by atoms with Gasteiger partial charge in [-0.1, -0.05) is 13.3 Å². The Bertz CT molecular complexity index is 191. The van der Waals surface area contributed by atoms with Gasteiger partial charge < -0.3 is 15.3 Å². The number of aliphatic hydroxyl groups is 3. The second-order valence-electron chi connectivity index (χ2n) is 4.08. The van der Waals surface area contributed by atoms with Gasteiger partial charge in [-0.15, -0.1) is 0 Å². The zero-order chi connectivity index (χ0) is 12.0. The first-order chi connectivity index (χ1) is 6.95. The van der Waals surface area contributed by atoms with Crippen molar-refractivity contribution in [2.24, 2.45) is 11.8 Å². The predicted molar refractivity (Wildman–Crippen MR) is 57.3 cm³/mol. The second-order valence-corrected chi connectivity index (χ2v) is 4.08. The normalized spacial score (nSPS) is 19.3. The van der Waals surface area contributed by atoms with E-state index in [0.717, 1.165) is 6.42 Å². The molecule has 0 saturated heterocycles. The minimum absolute atomic E-state index is 0.195. The van der Waals surface area contributed by atoms with Crippen LogP contribution in [-0.2, 0) is 4.79 Å². The molecule has 3 N–H and O–H groups in total. The van der Waals surface area contributed by atoms with Crippen LogP contribution in [0.1, 0.15) is 33.6 Å². The van der Waals surface area contributed by atoms with E-state index in [-0.39, 0.29) is 12.4 Å². The number of Topliss-reactive ketones (excluding diaryl/α,β-unsaturated/α-hetero) is 1. The Morgan fingerprint density at radius 3 is 2.13 bits per heavy atom. The van der Waals surface area contributed by atoms with Crippen LogP contribution in [0.15, 0.2) is 0 Å². The van der Waals surface area contributed by atoms with Crippen molar-refractivity contribution in [2.45, 2.75) is 45.8 Å². The van der Waals surface area contributed by atoms with Crippen LogP contribution in [-0.4, -0.2) is 39.9 Å². The van der Waals surface area contributed by atoms with Gasteiger partial charge in [-0.3, -0.25) is 4.79 Å². The van der Waals surface area contributed by atoms with Crippen molar-refractivity contribution in [1.82, 2.24) is 0 Å². The quantitative estimate of drug-likeness (QED) is 0.576. The first kappa shape index (κ1) is 14.6. The fourth-order valence-corrected chi connectivity index (χ4v) is 1.98. The van der Waals surface area contributed by atoms with Gasteiger partial charge in [0, 0.05) is 12.5 Å². The highest BCUT2D eigenvalue weighted by atomic mass is 16.3. The molecule has 0 aromatic carbocycles.